The molecule has 0 aliphatic carbocycles. The summed E-state index contributed by atoms with van der Waals surface area (Å²) >= 11 is 0. The summed E-state index contributed by atoms with van der Waals surface area (Å²) in [5, 5.41) is 2.71. The van der Waals surface area contributed by atoms with Crippen LogP contribution in [0.5, 0.6) is 11.6 Å². The minimum Gasteiger partial charge on any atom is -0.437 e. The number of ether oxygens (including phenoxy) is 1. The zero-order valence-corrected chi connectivity index (χ0v) is 11.5. The smallest absolute Gasteiger partial charge is 0.221 e. The van der Waals surface area contributed by atoms with E-state index < -0.39 is 0 Å². The second-order valence-electron chi connectivity index (χ2n) is 4.50. The van der Waals surface area contributed by atoms with Gasteiger partial charge in [0.05, 0.1) is 5.69 Å². The molecule has 1 atom stereocenters. The molecule has 20 heavy (non-hydrogen) atoms. The number of para-hydroxylation sites is 2. The van der Waals surface area contributed by atoms with E-state index in [-0.39, 0.29) is 11.9 Å². The standard InChI is InChI=1S/C15H17N3O2/c1-10(16)12-7-8-15(17-9-12)20-14-6-4-3-5-13(14)18-11(2)19/h3-10H,16H2,1-2H3,(H,18,19)/t10-/m0/s1. The van der Waals surface area contributed by atoms with E-state index in [1.807, 2.05) is 25.1 Å². The second kappa shape index (κ2) is 6.16. The molecule has 0 unspecified atom stereocenters. The average Bonchev–Trinajstić information content (AvgIpc) is 2.41. The highest BCUT2D eigenvalue weighted by Gasteiger charge is 2.07. The van der Waals surface area contributed by atoms with Gasteiger partial charge in [0, 0.05) is 25.2 Å². The van der Waals surface area contributed by atoms with Crippen molar-refractivity contribution in [3.63, 3.8) is 0 Å². The lowest BCUT2D eigenvalue weighted by Crippen LogP contribution is -2.07. The van der Waals surface area contributed by atoms with Gasteiger partial charge in [-0.05, 0) is 24.6 Å². The molecule has 2 rings (SSSR count). The van der Waals surface area contributed by atoms with Crippen molar-refractivity contribution in [2.24, 2.45) is 5.73 Å². The number of hydrogen-bond donors (Lipinski definition) is 2. The van der Waals surface area contributed by atoms with Gasteiger partial charge < -0.3 is 15.8 Å². The molecular weight excluding hydrogens is 254 g/mol. The van der Waals surface area contributed by atoms with Gasteiger partial charge in [0.15, 0.2) is 5.75 Å². The Labute approximate surface area is 117 Å². The second-order valence-corrected chi connectivity index (χ2v) is 4.50. The molecule has 5 nitrogen and oxygen atoms in total. The zero-order chi connectivity index (χ0) is 14.5. The third kappa shape index (κ3) is 3.55. The first-order valence-electron chi connectivity index (χ1n) is 6.32. The lowest BCUT2D eigenvalue weighted by molar-refractivity contribution is -0.114. The minimum atomic E-state index is -0.152. The Morgan fingerprint density at radius 3 is 2.65 bits per heavy atom. The topological polar surface area (TPSA) is 77.2 Å². The predicted molar refractivity (Wildman–Crippen MR) is 77.7 cm³/mol. The maximum atomic E-state index is 11.1. The van der Waals surface area contributed by atoms with E-state index in [1.54, 1.807) is 24.4 Å². The van der Waals surface area contributed by atoms with Crippen LogP contribution in [0.25, 0.3) is 0 Å². The first kappa shape index (κ1) is 14.0. The summed E-state index contributed by atoms with van der Waals surface area (Å²) in [6.07, 6.45) is 1.68. The van der Waals surface area contributed by atoms with E-state index in [9.17, 15) is 4.79 Å². The maximum Gasteiger partial charge on any atom is 0.221 e. The van der Waals surface area contributed by atoms with E-state index in [0.29, 0.717) is 17.3 Å². The molecule has 1 aromatic heterocycles. The number of hydrogen-bond acceptors (Lipinski definition) is 4. The lowest BCUT2D eigenvalue weighted by atomic mass is 10.2. The molecule has 5 heteroatoms. The normalized spacial score (nSPS) is 11.8. The van der Waals surface area contributed by atoms with Crippen LogP contribution in [0.15, 0.2) is 42.6 Å². The molecule has 0 fully saturated rings. The van der Waals surface area contributed by atoms with Crippen LogP contribution in [0.1, 0.15) is 25.5 Å². The first-order chi connectivity index (χ1) is 9.56. The number of carbonyl (C=O) groups excluding carboxylic acids is 1. The van der Waals surface area contributed by atoms with Crippen molar-refractivity contribution in [1.82, 2.24) is 4.98 Å². The molecule has 0 aliphatic rings. The zero-order valence-electron chi connectivity index (χ0n) is 11.5. The van der Waals surface area contributed by atoms with Gasteiger partial charge in [-0.3, -0.25) is 4.79 Å². The largest absolute Gasteiger partial charge is 0.437 e. The van der Waals surface area contributed by atoms with Gasteiger partial charge in [-0.15, -0.1) is 0 Å². The monoisotopic (exact) mass is 271 g/mol. The highest BCUT2D eigenvalue weighted by Crippen LogP contribution is 2.28. The number of nitrogens with one attached hydrogen (secondary N) is 1. The van der Waals surface area contributed by atoms with E-state index >= 15 is 0 Å². The predicted octanol–water partition coefficient (Wildman–Crippen LogP) is 2.85. The molecule has 1 aromatic carbocycles. The van der Waals surface area contributed by atoms with Gasteiger partial charge in [0.2, 0.25) is 11.8 Å². The van der Waals surface area contributed by atoms with Gasteiger partial charge in [-0.25, -0.2) is 4.98 Å². The van der Waals surface area contributed by atoms with Crippen LogP contribution in [0.2, 0.25) is 0 Å². The molecule has 0 aliphatic heterocycles. The number of carbonyl (C=O) groups is 1. The van der Waals surface area contributed by atoms with Crippen molar-refractivity contribution in [2.75, 3.05) is 5.32 Å². The number of rotatable bonds is 4. The summed E-state index contributed by atoms with van der Waals surface area (Å²) in [5.74, 6) is 0.845. The number of nitrogens with two attached hydrogens (primary N) is 1. The summed E-state index contributed by atoms with van der Waals surface area (Å²) in [6.45, 7) is 3.34. The third-order valence-electron chi connectivity index (χ3n) is 2.70. The van der Waals surface area contributed by atoms with Crippen molar-refractivity contribution in [3.8, 4) is 11.6 Å². The molecule has 2 aromatic rings. The van der Waals surface area contributed by atoms with Crippen LogP contribution in [-0.2, 0) is 4.79 Å². The Hall–Kier alpha value is -2.40. The summed E-state index contributed by atoms with van der Waals surface area (Å²) in [5.41, 5.74) is 7.31. The number of aromatic nitrogens is 1. The average molecular weight is 271 g/mol. The van der Waals surface area contributed by atoms with Crippen molar-refractivity contribution in [3.05, 3.63) is 48.2 Å². The van der Waals surface area contributed by atoms with Crippen LogP contribution in [0.4, 0.5) is 5.69 Å². The Kier molecular flexibility index (Phi) is 4.32. The molecule has 3 N–H and O–H groups in total. The van der Waals surface area contributed by atoms with E-state index in [2.05, 4.69) is 10.3 Å². The summed E-state index contributed by atoms with van der Waals surface area (Å²) in [4.78, 5) is 15.3. The van der Waals surface area contributed by atoms with Gasteiger partial charge in [0.25, 0.3) is 0 Å². The molecule has 0 spiro atoms. The molecule has 0 saturated carbocycles. The fourth-order valence-electron chi connectivity index (χ4n) is 1.68. The molecule has 0 saturated heterocycles. The van der Waals surface area contributed by atoms with Gasteiger partial charge >= 0.3 is 0 Å². The molecule has 0 bridgehead atoms. The first-order valence-corrected chi connectivity index (χ1v) is 6.32. The Morgan fingerprint density at radius 2 is 2.05 bits per heavy atom. The van der Waals surface area contributed by atoms with E-state index in [1.165, 1.54) is 6.92 Å². The third-order valence-corrected chi connectivity index (χ3v) is 2.70. The summed E-state index contributed by atoms with van der Waals surface area (Å²) in [6, 6.07) is 10.8. The number of benzene rings is 1. The molecule has 1 amide bonds. The van der Waals surface area contributed by atoms with Crippen LogP contribution in [0, 0.1) is 0 Å². The maximum absolute atomic E-state index is 11.1. The fourth-order valence-corrected chi connectivity index (χ4v) is 1.68. The van der Waals surface area contributed by atoms with Crippen molar-refractivity contribution in [1.29, 1.82) is 0 Å². The van der Waals surface area contributed by atoms with Gasteiger partial charge in [-0.2, -0.15) is 0 Å². The molecular formula is C15H17N3O2. The van der Waals surface area contributed by atoms with Crippen molar-refractivity contribution in [2.45, 2.75) is 19.9 Å². The quantitative estimate of drug-likeness (QED) is 0.896. The molecule has 0 radical (unpaired) electrons. The molecule has 1 heterocycles. The van der Waals surface area contributed by atoms with E-state index in [0.717, 1.165) is 5.56 Å². The van der Waals surface area contributed by atoms with Gasteiger partial charge in [-0.1, -0.05) is 18.2 Å². The lowest BCUT2D eigenvalue weighted by Gasteiger charge is -2.11. The highest BCUT2D eigenvalue weighted by atomic mass is 16.5. The highest BCUT2D eigenvalue weighted by molar-refractivity contribution is 5.90. The van der Waals surface area contributed by atoms with Crippen LogP contribution < -0.4 is 15.8 Å². The number of nitrogens with zero attached hydrogens (tertiary/aromatic N) is 1. The van der Waals surface area contributed by atoms with Crippen molar-refractivity contribution < 1.29 is 9.53 Å². The number of anilines is 1. The summed E-state index contributed by atoms with van der Waals surface area (Å²) < 4.78 is 5.68. The summed E-state index contributed by atoms with van der Waals surface area (Å²) in [7, 11) is 0. The SMILES string of the molecule is CC(=O)Nc1ccccc1Oc1ccc([C@H](C)N)cn1. The van der Waals surface area contributed by atoms with Crippen LogP contribution in [-0.4, -0.2) is 10.9 Å². The number of pyridine rings is 1. The molecule has 104 valence electrons. The minimum absolute atomic E-state index is 0.0665. The van der Waals surface area contributed by atoms with Crippen molar-refractivity contribution >= 4 is 11.6 Å². The Bertz CT molecular complexity index is 594. The Morgan fingerprint density at radius 1 is 1.30 bits per heavy atom. The Balaban J connectivity index is 2.19. The number of amides is 1. The van der Waals surface area contributed by atoms with E-state index in [4.69, 9.17) is 10.5 Å². The van der Waals surface area contributed by atoms with Crippen LogP contribution in [0.3, 0.4) is 0 Å². The fraction of sp³-hybridized carbons (Fsp3) is 0.200. The van der Waals surface area contributed by atoms with Gasteiger partial charge in [0.1, 0.15) is 0 Å². The van der Waals surface area contributed by atoms with Crippen LogP contribution >= 0.6 is 0 Å².